The Balaban J connectivity index is 3.32. The first-order valence-corrected chi connectivity index (χ1v) is 3.11. The fourth-order valence-corrected chi connectivity index (χ4v) is 0.555. The predicted octanol–water partition coefficient (Wildman–Crippen LogP) is 2.81. The van der Waals surface area contributed by atoms with Crippen LogP contribution in [0.4, 0.5) is 0 Å². The van der Waals surface area contributed by atoms with Crippen LogP contribution in [0.3, 0.4) is 0 Å². The molecule has 0 spiro atoms. The fraction of sp³-hybridized carbons (Fsp3) is 0.625. The average Bonchev–Trinajstić information content (AvgIpc) is 1.67. The van der Waals surface area contributed by atoms with Crippen molar-refractivity contribution in [1.29, 1.82) is 0 Å². The quantitative estimate of drug-likeness (QED) is 0.491. The molecule has 0 fully saturated rings. The van der Waals surface area contributed by atoms with Crippen molar-refractivity contribution < 1.29 is 0 Å². The topological polar surface area (TPSA) is 0 Å². The summed E-state index contributed by atoms with van der Waals surface area (Å²) in [7, 11) is 0. The lowest BCUT2D eigenvalue weighted by molar-refractivity contribution is 0.671. The molecular weight excluding hydrogens is 96.1 g/mol. The van der Waals surface area contributed by atoms with Crippen LogP contribution in [-0.2, 0) is 0 Å². The zero-order valence-corrected chi connectivity index (χ0v) is 6.07. The van der Waals surface area contributed by atoms with Crippen molar-refractivity contribution in [3.05, 3.63) is 18.6 Å². The number of allylic oxidation sites excluding steroid dienone is 1. The van der Waals surface area contributed by atoms with E-state index in [-0.39, 0.29) is 0 Å². The summed E-state index contributed by atoms with van der Waals surface area (Å²) in [5.41, 5.74) is 1.28. The Bertz CT molecular complexity index is 72.1. The number of hydrogen-bond acceptors (Lipinski definition) is 0. The highest BCUT2D eigenvalue weighted by Gasteiger charge is 1.97. The first-order valence-electron chi connectivity index (χ1n) is 3.11. The van der Waals surface area contributed by atoms with Crippen LogP contribution < -0.4 is 0 Å². The maximum atomic E-state index is 3.85. The summed E-state index contributed by atoms with van der Waals surface area (Å²) < 4.78 is 0. The minimum Gasteiger partial charge on any atom is -0.0999 e. The van der Waals surface area contributed by atoms with Crippen LogP contribution in [0.25, 0.3) is 0 Å². The molecule has 0 rings (SSSR count). The minimum atomic E-state index is 0.667. The van der Waals surface area contributed by atoms with Gasteiger partial charge < -0.3 is 0 Å². The molecule has 1 unspecified atom stereocenters. The maximum absolute atomic E-state index is 3.85. The van der Waals surface area contributed by atoms with Gasteiger partial charge in [0, 0.05) is 0 Å². The lowest BCUT2D eigenvalue weighted by Gasteiger charge is -2.06. The molecule has 0 aromatic carbocycles. The smallest absolute Gasteiger partial charge is 0.0234 e. The molecule has 1 radical (unpaired) electrons. The molecule has 0 nitrogen and oxygen atoms in total. The normalized spacial score (nSPS) is 13.4. The second-order valence-corrected chi connectivity index (χ2v) is 2.39. The van der Waals surface area contributed by atoms with E-state index in [2.05, 4.69) is 33.8 Å². The first-order chi connectivity index (χ1) is 3.68. The summed E-state index contributed by atoms with van der Waals surface area (Å²) in [4.78, 5) is 0. The van der Waals surface area contributed by atoms with Crippen molar-refractivity contribution >= 4 is 0 Å². The van der Waals surface area contributed by atoms with Gasteiger partial charge >= 0.3 is 0 Å². The average molecular weight is 111 g/mol. The SMILES string of the molecule is C=C(C)C(C)C[CH]C. The van der Waals surface area contributed by atoms with E-state index in [0.29, 0.717) is 5.92 Å². The lowest BCUT2D eigenvalue weighted by atomic mass is 10.00. The second kappa shape index (κ2) is 3.71. The van der Waals surface area contributed by atoms with Gasteiger partial charge in [0.2, 0.25) is 0 Å². The highest BCUT2D eigenvalue weighted by atomic mass is 14.0. The van der Waals surface area contributed by atoms with Crippen LogP contribution in [0.1, 0.15) is 27.2 Å². The molecule has 0 aliphatic carbocycles. The van der Waals surface area contributed by atoms with E-state index in [4.69, 9.17) is 0 Å². The summed E-state index contributed by atoms with van der Waals surface area (Å²) in [6.07, 6.45) is 3.34. The van der Waals surface area contributed by atoms with Gasteiger partial charge in [-0.2, -0.15) is 0 Å². The Labute approximate surface area is 52.6 Å². The van der Waals surface area contributed by atoms with E-state index >= 15 is 0 Å². The molecule has 0 bridgehead atoms. The van der Waals surface area contributed by atoms with Crippen molar-refractivity contribution in [1.82, 2.24) is 0 Å². The molecule has 0 heteroatoms. The molecule has 0 N–H and O–H groups in total. The molecule has 0 aromatic rings. The first kappa shape index (κ1) is 7.74. The Hall–Kier alpha value is -0.260. The Morgan fingerprint density at radius 3 is 2.38 bits per heavy atom. The van der Waals surface area contributed by atoms with Crippen molar-refractivity contribution in [3.63, 3.8) is 0 Å². The summed E-state index contributed by atoms with van der Waals surface area (Å²) in [6.45, 7) is 10.2. The highest BCUT2D eigenvalue weighted by molar-refractivity contribution is 4.94. The van der Waals surface area contributed by atoms with Crippen molar-refractivity contribution in [2.75, 3.05) is 0 Å². The molecule has 0 saturated carbocycles. The summed E-state index contributed by atoms with van der Waals surface area (Å²) >= 11 is 0. The third kappa shape index (κ3) is 2.84. The van der Waals surface area contributed by atoms with Gasteiger partial charge in [-0.05, 0) is 25.7 Å². The molecule has 0 aromatic heterocycles. The fourth-order valence-electron chi connectivity index (χ4n) is 0.555. The van der Waals surface area contributed by atoms with Gasteiger partial charge in [0.1, 0.15) is 0 Å². The molecule has 0 aliphatic heterocycles. The van der Waals surface area contributed by atoms with Gasteiger partial charge in [0.15, 0.2) is 0 Å². The van der Waals surface area contributed by atoms with Crippen LogP contribution in [0.2, 0.25) is 0 Å². The van der Waals surface area contributed by atoms with Crippen LogP contribution in [0.15, 0.2) is 12.2 Å². The standard InChI is InChI=1S/C8H15/c1-5-6-8(4)7(2)3/h5,8H,2,6H2,1,3-4H3. The Kier molecular flexibility index (Phi) is 3.59. The molecule has 0 aliphatic rings. The minimum absolute atomic E-state index is 0.667. The summed E-state index contributed by atoms with van der Waals surface area (Å²) in [5.74, 6) is 0.667. The lowest BCUT2D eigenvalue weighted by Crippen LogP contribution is -1.93. The van der Waals surface area contributed by atoms with Crippen molar-refractivity contribution in [3.8, 4) is 0 Å². The van der Waals surface area contributed by atoms with Crippen LogP contribution in [-0.4, -0.2) is 0 Å². The van der Waals surface area contributed by atoms with E-state index in [1.807, 2.05) is 0 Å². The van der Waals surface area contributed by atoms with Gasteiger partial charge in [-0.3, -0.25) is 0 Å². The van der Waals surface area contributed by atoms with E-state index in [0.717, 1.165) is 6.42 Å². The van der Waals surface area contributed by atoms with Crippen LogP contribution in [0, 0.1) is 12.3 Å². The van der Waals surface area contributed by atoms with Gasteiger partial charge in [-0.1, -0.05) is 26.0 Å². The van der Waals surface area contributed by atoms with E-state index < -0.39 is 0 Å². The monoisotopic (exact) mass is 111 g/mol. The Morgan fingerprint density at radius 2 is 2.25 bits per heavy atom. The van der Waals surface area contributed by atoms with Crippen LogP contribution >= 0.6 is 0 Å². The zero-order valence-electron chi connectivity index (χ0n) is 6.07. The number of hydrogen-bond donors (Lipinski definition) is 0. The largest absolute Gasteiger partial charge is 0.0999 e. The van der Waals surface area contributed by atoms with Gasteiger partial charge in [-0.25, -0.2) is 0 Å². The summed E-state index contributed by atoms with van der Waals surface area (Å²) in [5, 5.41) is 0. The molecule has 0 heterocycles. The molecular formula is C8H15. The van der Waals surface area contributed by atoms with E-state index in [1.165, 1.54) is 5.57 Å². The van der Waals surface area contributed by atoms with E-state index in [9.17, 15) is 0 Å². The molecule has 0 amide bonds. The second-order valence-electron chi connectivity index (χ2n) is 2.39. The third-order valence-corrected chi connectivity index (χ3v) is 1.43. The molecule has 8 heavy (non-hydrogen) atoms. The summed E-state index contributed by atoms with van der Waals surface area (Å²) in [6, 6.07) is 0. The van der Waals surface area contributed by atoms with E-state index in [1.54, 1.807) is 0 Å². The number of rotatable bonds is 3. The Morgan fingerprint density at radius 1 is 1.75 bits per heavy atom. The predicted molar refractivity (Wildman–Crippen MR) is 38.6 cm³/mol. The van der Waals surface area contributed by atoms with Gasteiger partial charge in [0.05, 0.1) is 0 Å². The molecule has 47 valence electrons. The zero-order chi connectivity index (χ0) is 6.57. The molecule has 0 saturated heterocycles. The maximum Gasteiger partial charge on any atom is -0.0234 e. The van der Waals surface area contributed by atoms with Crippen LogP contribution in [0.5, 0.6) is 0 Å². The van der Waals surface area contributed by atoms with Gasteiger partial charge in [0.25, 0.3) is 0 Å². The highest BCUT2D eigenvalue weighted by Crippen LogP contribution is 2.11. The van der Waals surface area contributed by atoms with Gasteiger partial charge in [-0.15, -0.1) is 0 Å². The van der Waals surface area contributed by atoms with Crippen molar-refractivity contribution in [2.45, 2.75) is 27.2 Å². The molecule has 1 atom stereocenters. The third-order valence-electron chi connectivity index (χ3n) is 1.43. The van der Waals surface area contributed by atoms with Crippen molar-refractivity contribution in [2.24, 2.45) is 5.92 Å².